The zero-order valence-electron chi connectivity index (χ0n) is 42.3. The van der Waals surface area contributed by atoms with Crippen LogP contribution in [0.3, 0.4) is 0 Å². The summed E-state index contributed by atoms with van der Waals surface area (Å²) in [5.74, 6) is 0. The van der Waals surface area contributed by atoms with Crippen molar-refractivity contribution in [1.29, 1.82) is 0 Å². The van der Waals surface area contributed by atoms with Crippen LogP contribution in [0.25, 0.3) is 55.0 Å². The molecule has 0 radical (unpaired) electrons. The Kier molecular flexibility index (Phi) is 1.97. The largest absolute Gasteiger partial charge is 0.456 e. The van der Waals surface area contributed by atoms with Gasteiger partial charge in [0, 0.05) is 27.5 Å². The molecule has 0 atom stereocenters. The summed E-state index contributed by atoms with van der Waals surface area (Å²) >= 11 is 0. The van der Waals surface area contributed by atoms with Crippen molar-refractivity contribution in [2.24, 2.45) is 0 Å². The zero-order chi connectivity index (χ0) is 45.8. The van der Waals surface area contributed by atoms with E-state index in [1.807, 2.05) is 0 Å². The number of furan rings is 2. The van der Waals surface area contributed by atoms with Gasteiger partial charge in [-0.1, -0.05) is 96.7 Å². The monoisotopic (exact) mass is 524 g/mol. The van der Waals surface area contributed by atoms with Gasteiger partial charge in [0.25, 0.3) is 0 Å². The van der Waals surface area contributed by atoms with Gasteiger partial charge in [-0.25, -0.2) is 0 Å². The predicted molar refractivity (Wildman–Crippen MR) is 161 cm³/mol. The molecule has 6 aromatic carbocycles. The second-order valence-corrected chi connectivity index (χ2v) is 8.03. The fourth-order valence-electron chi connectivity index (χ4n) is 4.29. The highest BCUT2D eigenvalue weighted by Crippen LogP contribution is 2.49. The summed E-state index contributed by atoms with van der Waals surface area (Å²) in [4.78, 5) is 0.589. The van der Waals surface area contributed by atoms with E-state index < -0.39 is 211 Å². The van der Waals surface area contributed by atoms with Crippen LogP contribution in [0.4, 0.5) is 17.1 Å². The van der Waals surface area contributed by atoms with Crippen LogP contribution < -0.4 is 4.90 Å². The van der Waals surface area contributed by atoms with Crippen molar-refractivity contribution in [1.82, 2.24) is 0 Å². The molecule has 0 saturated carbocycles. The minimum atomic E-state index is -1.12. The minimum absolute atomic E-state index is 0.448. The lowest BCUT2D eigenvalue weighted by molar-refractivity contribution is 0.664. The van der Waals surface area contributed by atoms with Crippen LogP contribution in [0, 0.1) is 0 Å². The molecule has 0 bridgehead atoms. The lowest BCUT2D eigenvalue weighted by atomic mass is 10.0. The van der Waals surface area contributed by atoms with Gasteiger partial charge in [0.05, 0.1) is 36.9 Å². The highest BCUT2D eigenvalue weighted by molar-refractivity contribution is 6.24. The van der Waals surface area contributed by atoms with Crippen LogP contribution in [0.15, 0.2) is 148 Å². The third kappa shape index (κ3) is 3.44. The van der Waals surface area contributed by atoms with E-state index in [2.05, 4.69) is 0 Å². The van der Waals surface area contributed by atoms with E-state index in [1.54, 1.807) is 0 Å². The van der Waals surface area contributed by atoms with Crippen molar-refractivity contribution in [3.8, 4) is 11.1 Å². The summed E-state index contributed by atoms with van der Waals surface area (Å²) in [6.45, 7) is 0. The van der Waals surface area contributed by atoms with Crippen molar-refractivity contribution < 1.29 is 40.4 Å². The summed E-state index contributed by atoms with van der Waals surface area (Å²) in [6, 6.07) is -20.8. The van der Waals surface area contributed by atoms with Gasteiger partial charge in [0.1, 0.15) is 22.4 Å². The summed E-state index contributed by atoms with van der Waals surface area (Å²) in [6.07, 6.45) is 0. The van der Waals surface area contributed by atoms with Gasteiger partial charge in [0.2, 0.25) is 0 Å². The van der Waals surface area contributed by atoms with Crippen LogP contribution in [0.2, 0.25) is 0 Å². The Hall–Kier alpha value is -5.28. The van der Waals surface area contributed by atoms with Gasteiger partial charge in [0.15, 0.2) is 5.58 Å². The number of benzene rings is 6. The van der Waals surface area contributed by atoms with E-state index in [1.165, 1.54) is 0 Å². The maximum absolute atomic E-state index is 9.43. The second kappa shape index (κ2) is 8.64. The van der Waals surface area contributed by atoms with E-state index in [0.29, 0.717) is 4.90 Å². The summed E-state index contributed by atoms with van der Waals surface area (Å²) in [5.41, 5.74) is -6.64. The molecular formula is C36H23NO2. The molecule has 0 unspecified atom stereocenters. The van der Waals surface area contributed by atoms with Crippen LogP contribution in [-0.2, 0) is 0 Å². The Morgan fingerprint density at radius 3 is 1.77 bits per heavy atom. The topological polar surface area (TPSA) is 29.5 Å². The summed E-state index contributed by atoms with van der Waals surface area (Å²) < 4.78 is 213. The Balaban J connectivity index is 1.72. The van der Waals surface area contributed by atoms with Crippen LogP contribution in [0.1, 0.15) is 31.5 Å². The number of hydrogen-bond acceptors (Lipinski definition) is 3. The standard InChI is InChI=1S/C36H23NO2/c1-3-11-24(12-4-1)25-19-21-27(22-20-25)37(26-13-5-2-6-14-26)35-34-29-16-8-10-18-32(29)38-33(34)23-30-28-15-7-9-17-31(28)39-36(30)35/h1-23H/i1D,2D,3D,4D,5D,6D,7D,8D,9D,10D,11D,12D,13D,14D,15D,16D,17D,18D,19D,20D,21D,22D,23D. The molecule has 0 N–H and O–H groups in total. The molecule has 0 spiro atoms. The molecule has 39 heavy (non-hydrogen) atoms. The molecule has 0 aliphatic heterocycles. The van der Waals surface area contributed by atoms with E-state index >= 15 is 0 Å². The molecule has 0 saturated heterocycles. The van der Waals surface area contributed by atoms with Gasteiger partial charge >= 0.3 is 0 Å². The van der Waals surface area contributed by atoms with Gasteiger partial charge in [-0.2, -0.15) is 0 Å². The van der Waals surface area contributed by atoms with E-state index in [-0.39, 0.29) is 0 Å². The number of anilines is 3. The molecule has 0 fully saturated rings. The Morgan fingerprint density at radius 1 is 0.462 bits per heavy atom. The predicted octanol–water partition coefficient (Wildman–Crippen LogP) is 10.6. The number of rotatable bonds is 4. The van der Waals surface area contributed by atoms with Crippen LogP contribution in [-0.4, -0.2) is 0 Å². The Morgan fingerprint density at radius 2 is 1.03 bits per heavy atom. The molecule has 0 aliphatic carbocycles. The summed E-state index contributed by atoms with van der Waals surface area (Å²) in [7, 11) is 0. The molecule has 0 amide bonds. The Bertz CT molecular complexity index is 3310. The summed E-state index contributed by atoms with van der Waals surface area (Å²) in [5, 5.41) is -2.00. The Labute approximate surface area is 257 Å². The smallest absolute Gasteiger partial charge is 0.160 e. The van der Waals surface area contributed by atoms with Crippen molar-refractivity contribution in [2.45, 2.75) is 0 Å². The van der Waals surface area contributed by atoms with E-state index in [4.69, 9.17) is 33.5 Å². The molecule has 8 rings (SSSR count). The third-order valence-corrected chi connectivity index (χ3v) is 5.88. The van der Waals surface area contributed by atoms with Crippen molar-refractivity contribution >= 4 is 60.9 Å². The normalized spacial score (nSPS) is 19.8. The maximum Gasteiger partial charge on any atom is 0.160 e. The molecule has 3 heteroatoms. The number of para-hydroxylation sites is 3. The lowest BCUT2D eigenvalue weighted by Crippen LogP contribution is -2.10. The second-order valence-electron chi connectivity index (χ2n) is 8.03. The van der Waals surface area contributed by atoms with E-state index in [9.17, 15) is 6.85 Å². The van der Waals surface area contributed by atoms with Crippen LogP contribution >= 0.6 is 0 Å². The molecule has 3 nitrogen and oxygen atoms in total. The molecule has 184 valence electrons. The van der Waals surface area contributed by atoms with Gasteiger partial charge < -0.3 is 13.7 Å². The van der Waals surface area contributed by atoms with Gasteiger partial charge in [-0.05, 0) is 53.4 Å². The average molecular weight is 525 g/mol. The lowest BCUT2D eigenvalue weighted by Gasteiger charge is -2.26. The number of hydrogen-bond donors (Lipinski definition) is 0. The molecule has 2 heterocycles. The quantitative estimate of drug-likeness (QED) is 0.229. The van der Waals surface area contributed by atoms with Crippen molar-refractivity contribution in [3.05, 3.63) is 139 Å². The van der Waals surface area contributed by atoms with Gasteiger partial charge in [-0.15, -0.1) is 0 Å². The van der Waals surface area contributed by atoms with Gasteiger partial charge in [-0.3, -0.25) is 0 Å². The van der Waals surface area contributed by atoms with Crippen molar-refractivity contribution in [3.63, 3.8) is 0 Å². The molecule has 0 aliphatic rings. The first kappa shape index (κ1) is 8.89. The number of nitrogens with zero attached hydrogens (tertiary/aromatic N) is 1. The third-order valence-electron chi connectivity index (χ3n) is 5.88. The first-order chi connectivity index (χ1) is 28.9. The first-order valence-electron chi connectivity index (χ1n) is 22.7. The fraction of sp³-hybridized carbons (Fsp3) is 0. The fourth-order valence-corrected chi connectivity index (χ4v) is 4.29. The van der Waals surface area contributed by atoms with Crippen molar-refractivity contribution in [2.75, 3.05) is 4.90 Å². The van der Waals surface area contributed by atoms with E-state index in [0.717, 1.165) is 0 Å². The maximum atomic E-state index is 9.43. The minimum Gasteiger partial charge on any atom is -0.456 e. The SMILES string of the molecule is [2H]c1c([2H])c([2H])c(-c2c([2H])c([2H])c(N(c3c([2H])c([2H])c([2H])c([2H])c3[2H])c3c4oc5c([2H])c([2H])c([2H])c([2H])c5c4c([2H])c4oc5c([2H])c([2H])c([2H])c([2H])c5c34)c([2H])c2[2H])c([2H])c1[2H]. The number of fused-ring (bicyclic) bond motifs is 6. The molecule has 2 aromatic heterocycles. The first-order valence-corrected chi connectivity index (χ1v) is 11.2. The van der Waals surface area contributed by atoms with Crippen LogP contribution in [0.5, 0.6) is 0 Å². The molecule has 8 aromatic rings. The highest BCUT2D eigenvalue weighted by Gasteiger charge is 2.25. The highest BCUT2D eigenvalue weighted by atomic mass is 16.3. The zero-order valence-corrected chi connectivity index (χ0v) is 19.3. The average Bonchev–Trinajstić information content (AvgIpc) is 3.85. The molecular weight excluding hydrogens is 478 g/mol.